The molecule has 0 aliphatic carbocycles. The molecule has 0 radical (unpaired) electrons. The Morgan fingerprint density at radius 3 is 2.59 bits per heavy atom. The van der Waals surface area contributed by atoms with Crippen LogP contribution in [-0.2, 0) is 6.42 Å². The molecule has 3 aromatic rings. The summed E-state index contributed by atoms with van der Waals surface area (Å²) in [6.07, 6.45) is 2.98. The van der Waals surface area contributed by atoms with Crippen LogP contribution in [0.4, 0.5) is 5.69 Å². The van der Waals surface area contributed by atoms with Gasteiger partial charge in [0, 0.05) is 40.3 Å². The van der Waals surface area contributed by atoms with Gasteiger partial charge in [-0.25, -0.2) is 0 Å². The topological polar surface area (TPSA) is 46.3 Å². The van der Waals surface area contributed by atoms with Gasteiger partial charge >= 0.3 is 0 Å². The average Bonchev–Trinajstić information content (AvgIpc) is 3.17. The molecule has 1 aliphatic heterocycles. The minimum atomic E-state index is 0.219. The second kappa shape index (κ2) is 4.98. The maximum Gasteiger partial charge on any atom is 0.128 e. The minimum absolute atomic E-state index is 0.219. The third kappa shape index (κ3) is 1.84. The number of benzene rings is 2. The van der Waals surface area contributed by atoms with Crippen molar-refractivity contribution in [2.75, 3.05) is 19.5 Å². The summed E-state index contributed by atoms with van der Waals surface area (Å²) in [5.74, 6) is 1.85. The van der Waals surface area contributed by atoms with Gasteiger partial charge in [-0.3, -0.25) is 0 Å². The highest BCUT2D eigenvalue weighted by Crippen LogP contribution is 2.42. The van der Waals surface area contributed by atoms with E-state index in [1.54, 1.807) is 14.2 Å². The van der Waals surface area contributed by atoms with E-state index in [4.69, 9.17) is 9.47 Å². The van der Waals surface area contributed by atoms with Crippen LogP contribution < -0.4 is 14.8 Å². The van der Waals surface area contributed by atoms with E-state index in [-0.39, 0.29) is 6.04 Å². The first-order valence-electron chi connectivity index (χ1n) is 7.38. The number of anilines is 1. The van der Waals surface area contributed by atoms with Crippen molar-refractivity contribution in [1.82, 2.24) is 4.98 Å². The number of aromatic amines is 1. The van der Waals surface area contributed by atoms with E-state index in [1.807, 2.05) is 24.3 Å². The Balaban J connectivity index is 1.79. The van der Waals surface area contributed by atoms with Gasteiger partial charge in [0.15, 0.2) is 0 Å². The van der Waals surface area contributed by atoms with Crippen LogP contribution in [0.2, 0.25) is 0 Å². The van der Waals surface area contributed by atoms with E-state index in [2.05, 4.69) is 28.6 Å². The van der Waals surface area contributed by atoms with Gasteiger partial charge in [-0.2, -0.15) is 0 Å². The van der Waals surface area contributed by atoms with Gasteiger partial charge in [0.2, 0.25) is 0 Å². The molecular formula is C18H18N2O2. The molecule has 1 unspecified atom stereocenters. The van der Waals surface area contributed by atoms with Crippen molar-refractivity contribution in [1.29, 1.82) is 0 Å². The standard InChI is InChI=1S/C18H18N2O2/c1-21-16-7-3-5-13-11(16)9-15(20-13)12-10-19-14-6-4-8-17(22-2)18(12)14/h3-8,10,15,19-20H,9H2,1-2H3. The predicted octanol–water partition coefficient (Wildman–Crippen LogP) is 3.89. The first-order valence-corrected chi connectivity index (χ1v) is 7.38. The lowest BCUT2D eigenvalue weighted by Gasteiger charge is -2.12. The molecule has 4 rings (SSSR count). The lowest BCUT2D eigenvalue weighted by molar-refractivity contribution is 0.410. The molecule has 1 aliphatic rings. The molecule has 0 saturated carbocycles. The Labute approximate surface area is 129 Å². The van der Waals surface area contributed by atoms with Crippen molar-refractivity contribution in [3.63, 3.8) is 0 Å². The van der Waals surface area contributed by atoms with Crippen LogP contribution in [0.1, 0.15) is 17.2 Å². The smallest absolute Gasteiger partial charge is 0.128 e. The highest BCUT2D eigenvalue weighted by atomic mass is 16.5. The van der Waals surface area contributed by atoms with E-state index in [9.17, 15) is 0 Å². The number of hydrogen-bond donors (Lipinski definition) is 2. The van der Waals surface area contributed by atoms with Crippen LogP contribution in [0.3, 0.4) is 0 Å². The number of hydrogen-bond acceptors (Lipinski definition) is 3. The van der Waals surface area contributed by atoms with E-state index in [1.165, 1.54) is 11.1 Å². The lowest BCUT2D eigenvalue weighted by Crippen LogP contribution is -2.05. The molecule has 1 atom stereocenters. The fourth-order valence-electron chi connectivity index (χ4n) is 3.36. The van der Waals surface area contributed by atoms with Gasteiger partial charge in [-0.15, -0.1) is 0 Å². The van der Waals surface area contributed by atoms with Gasteiger partial charge in [0.25, 0.3) is 0 Å². The molecule has 2 aromatic carbocycles. The summed E-state index contributed by atoms with van der Waals surface area (Å²) in [7, 11) is 3.43. The summed E-state index contributed by atoms with van der Waals surface area (Å²) < 4.78 is 11.0. The van der Waals surface area contributed by atoms with E-state index in [0.29, 0.717) is 0 Å². The Hall–Kier alpha value is -2.62. The van der Waals surface area contributed by atoms with Crippen molar-refractivity contribution >= 4 is 16.6 Å². The molecule has 112 valence electrons. The minimum Gasteiger partial charge on any atom is -0.496 e. The van der Waals surface area contributed by atoms with E-state index < -0.39 is 0 Å². The number of fused-ring (bicyclic) bond motifs is 2. The quantitative estimate of drug-likeness (QED) is 0.770. The SMILES string of the molecule is COc1cccc2c1CC(c1c[nH]c3cccc(OC)c13)N2. The highest BCUT2D eigenvalue weighted by molar-refractivity contribution is 5.90. The third-order valence-corrected chi connectivity index (χ3v) is 4.38. The summed E-state index contributed by atoms with van der Waals surface area (Å²) >= 11 is 0. The maximum atomic E-state index is 5.54. The summed E-state index contributed by atoms with van der Waals surface area (Å²) in [5, 5.41) is 4.75. The number of aromatic nitrogens is 1. The van der Waals surface area contributed by atoms with Crippen LogP contribution in [0.5, 0.6) is 11.5 Å². The average molecular weight is 294 g/mol. The fraction of sp³-hybridized carbons (Fsp3) is 0.222. The molecule has 0 bridgehead atoms. The van der Waals surface area contributed by atoms with Gasteiger partial charge in [-0.05, 0) is 24.3 Å². The zero-order chi connectivity index (χ0) is 15.1. The molecule has 0 amide bonds. The van der Waals surface area contributed by atoms with Gasteiger partial charge in [-0.1, -0.05) is 12.1 Å². The summed E-state index contributed by atoms with van der Waals surface area (Å²) in [5.41, 5.74) is 4.71. The molecule has 2 N–H and O–H groups in total. The molecule has 0 saturated heterocycles. The van der Waals surface area contributed by atoms with Gasteiger partial charge in [0.05, 0.1) is 20.3 Å². The van der Waals surface area contributed by atoms with Crippen molar-refractivity contribution in [3.05, 3.63) is 53.7 Å². The molecule has 22 heavy (non-hydrogen) atoms. The van der Waals surface area contributed by atoms with Crippen LogP contribution >= 0.6 is 0 Å². The Bertz CT molecular complexity index is 838. The van der Waals surface area contributed by atoms with Crippen LogP contribution in [-0.4, -0.2) is 19.2 Å². The molecular weight excluding hydrogens is 276 g/mol. The van der Waals surface area contributed by atoms with Crippen LogP contribution in [0, 0.1) is 0 Å². The van der Waals surface area contributed by atoms with Crippen molar-refractivity contribution < 1.29 is 9.47 Å². The van der Waals surface area contributed by atoms with Crippen molar-refractivity contribution in [3.8, 4) is 11.5 Å². The predicted molar refractivity (Wildman–Crippen MR) is 87.9 cm³/mol. The highest BCUT2D eigenvalue weighted by Gasteiger charge is 2.27. The first-order chi connectivity index (χ1) is 10.8. The summed E-state index contributed by atoms with van der Waals surface area (Å²) in [6, 6.07) is 12.4. The second-order valence-electron chi connectivity index (χ2n) is 5.51. The normalized spacial score (nSPS) is 16.4. The summed E-state index contributed by atoms with van der Waals surface area (Å²) in [6.45, 7) is 0. The Morgan fingerprint density at radius 2 is 1.77 bits per heavy atom. The first kappa shape index (κ1) is 13.1. The third-order valence-electron chi connectivity index (χ3n) is 4.38. The van der Waals surface area contributed by atoms with Gasteiger partial charge < -0.3 is 19.8 Å². The summed E-state index contributed by atoms with van der Waals surface area (Å²) in [4.78, 5) is 3.34. The van der Waals surface area contributed by atoms with Crippen LogP contribution in [0.25, 0.3) is 10.9 Å². The largest absolute Gasteiger partial charge is 0.496 e. The number of ether oxygens (including phenoxy) is 2. The Kier molecular flexibility index (Phi) is 2.96. The van der Waals surface area contributed by atoms with Crippen LogP contribution in [0.15, 0.2) is 42.6 Å². The van der Waals surface area contributed by atoms with Gasteiger partial charge in [0.1, 0.15) is 11.5 Å². The maximum absolute atomic E-state index is 5.54. The molecule has 4 heteroatoms. The molecule has 0 spiro atoms. The number of nitrogens with one attached hydrogen (secondary N) is 2. The fourth-order valence-corrected chi connectivity index (χ4v) is 3.36. The zero-order valence-electron chi connectivity index (χ0n) is 12.6. The van der Waals surface area contributed by atoms with E-state index in [0.717, 1.165) is 34.5 Å². The number of H-pyrrole nitrogens is 1. The van der Waals surface area contributed by atoms with Crippen molar-refractivity contribution in [2.45, 2.75) is 12.5 Å². The molecule has 2 heterocycles. The van der Waals surface area contributed by atoms with E-state index >= 15 is 0 Å². The van der Waals surface area contributed by atoms with Crippen molar-refractivity contribution in [2.24, 2.45) is 0 Å². The zero-order valence-corrected chi connectivity index (χ0v) is 12.6. The monoisotopic (exact) mass is 294 g/mol. The number of methoxy groups -OCH3 is 2. The molecule has 0 fully saturated rings. The Morgan fingerprint density at radius 1 is 1.00 bits per heavy atom. The lowest BCUT2D eigenvalue weighted by atomic mass is 10.0. The molecule has 1 aromatic heterocycles. The number of rotatable bonds is 3. The second-order valence-corrected chi connectivity index (χ2v) is 5.51. The molecule has 4 nitrogen and oxygen atoms in total.